The molecule has 1 N–H and O–H groups in total. The normalized spacial score (nSPS) is 18.4. The van der Waals surface area contributed by atoms with Crippen LogP contribution in [0.2, 0.25) is 0 Å². The van der Waals surface area contributed by atoms with Gasteiger partial charge in [0.05, 0.1) is 6.54 Å². The second kappa shape index (κ2) is 8.18. The van der Waals surface area contributed by atoms with Gasteiger partial charge in [-0.2, -0.15) is 0 Å². The van der Waals surface area contributed by atoms with Crippen LogP contribution in [0.3, 0.4) is 0 Å². The van der Waals surface area contributed by atoms with Gasteiger partial charge in [0.1, 0.15) is 0 Å². The molecule has 1 unspecified atom stereocenters. The van der Waals surface area contributed by atoms with E-state index in [4.69, 9.17) is 0 Å². The predicted octanol–water partition coefficient (Wildman–Crippen LogP) is 2.86. The molecule has 0 spiro atoms. The van der Waals surface area contributed by atoms with E-state index in [1.165, 1.54) is 24.8 Å². The number of carbonyl (C=O) groups is 1. The van der Waals surface area contributed by atoms with Crippen LogP contribution in [0.15, 0.2) is 30.3 Å². The van der Waals surface area contributed by atoms with Crippen LogP contribution in [0.5, 0.6) is 0 Å². The van der Waals surface area contributed by atoms with Crippen LogP contribution >= 0.6 is 0 Å². The minimum atomic E-state index is 0.172. The molecule has 116 valence electrons. The van der Waals surface area contributed by atoms with Gasteiger partial charge in [-0.25, -0.2) is 0 Å². The largest absolute Gasteiger partial charge is 0.353 e. The van der Waals surface area contributed by atoms with E-state index in [-0.39, 0.29) is 11.9 Å². The van der Waals surface area contributed by atoms with Crippen molar-refractivity contribution in [3.8, 4) is 0 Å². The van der Waals surface area contributed by atoms with E-state index in [1.54, 1.807) is 0 Å². The molecule has 0 aliphatic carbocycles. The number of hydrogen-bond acceptors (Lipinski definition) is 2. The number of benzene rings is 1. The maximum atomic E-state index is 11.9. The fourth-order valence-corrected chi connectivity index (χ4v) is 2.92. The maximum absolute atomic E-state index is 11.9. The summed E-state index contributed by atoms with van der Waals surface area (Å²) in [6.45, 7) is 6.81. The summed E-state index contributed by atoms with van der Waals surface area (Å²) in [4.78, 5) is 14.2. The van der Waals surface area contributed by atoms with Gasteiger partial charge < -0.3 is 5.32 Å². The van der Waals surface area contributed by atoms with Crippen molar-refractivity contribution in [1.82, 2.24) is 10.2 Å². The highest BCUT2D eigenvalue weighted by atomic mass is 16.2. The minimum Gasteiger partial charge on any atom is -0.353 e. The lowest BCUT2D eigenvalue weighted by molar-refractivity contribution is -0.123. The van der Waals surface area contributed by atoms with Gasteiger partial charge in [0.25, 0.3) is 0 Å². The van der Waals surface area contributed by atoms with Crippen molar-refractivity contribution in [1.29, 1.82) is 0 Å². The molecular weight excluding hydrogens is 260 g/mol. The summed E-state index contributed by atoms with van der Waals surface area (Å²) in [5.41, 5.74) is 1.44. The smallest absolute Gasteiger partial charge is 0.234 e. The number of carbonyl (C=O) groups excluding carboxylic acids is 1. The topological polar surface area (TPSA) is 32.3 Å². The number of piperidine rings is 1. The monoisotopic (exact) mass is 288 g/mol. The van der Waals surface area contributed by atoms with E-state index in [0.29, 0.717) is 6.54 Å². The molecule has 1 atom stereocenters. The van der Waals surface area contributed by atoms with Crippen LogP contribution in [0, 0.1) is 5.92 Å². The van der Waals surface area contributed by atoms with E-state index in [2.05, 4.69) is 54.4 Å². The molecule has 1 fully saturated rings. The predicted molar refractivity (Wildman–Crippen MR) is 87.2 cm³/mol. The summed E-state index contributed by atoms with van der Waals surface area (Å²) in [7, 11) is 0. The Morgan fingerprint density at radius 3 is 2.57 bits per heavy atom. The van der Waals surface area contributed by atoms with E-state index in [9.17, 15) is 4.79 Å². The van der Waals surface area contributed by atoms with Gasteiger partial charge in [-0.1, -0.05) is 37.3 Å². The summed E-state index contributed by atoms with van der Waals surface area (Å²) in [6.07, 6.45) is 4.57. The van der Waals surface area contributed by atoms with Crippen LogP contribution in [0.4, 0.5) is 0 Å². The van der Waals surface area contributed by atoms with Crippen molar-refractivity contribution in [2.24, 2.45) is 5.92 Å². The summed E-state index contributed by atoms with van der Waals surface area (Å²) >= 11 is 0. The zero-order chi connectivity index (χ0) is 15.1. The third kappa shape index (κ3) is 5.50. The lowest BCUT2D eigenvalue weighted by Gasteiger charge is -2.31. The molecule has 2 rings (SSSR count). The molecule has 0 aromatic heterocycles. The fraction of sp³-hybridized carbons (Fsp3) is 0.611. The summed E-state index contributed by atoms with van der Waals surface area (Å²) < 4.78 is 0. The molecule has 0 bridgehead atoms. The zero-order valence-corrected chi connectivity index (χ0v) is 13.3. The maximum Gasteiger partial charge on any atom is 0.234 e. The Hall–Kier alpha value is -1.35. The Morgan fingerprint density at radius 2 is 1.95 bits per heavy atom. The molecule has 1 aliphatic heterocycles. The van der Waals surface area contributed by atoms with Crippen molar-refractivity contribution in [3.05, 3.63) is 35.9 Å². The standard InChI is InChI=1S/C18H28N2O/c1-3-15(2)19-18(21)14-20-11-9-17(10-12-20)13-16-7-5-4-6-8-16/h4-8,15,17H,3,9-14H2,1-2H3,(H,19,21). The van der Waals surface area contributed by atoms with E-state index < -0.39 is 0 Å². The molecule has 0 saturated carbocycles. The average Bonchev–Trinajstić information content (AvgIpc) is 2.50. The summed E-state index contributed by atoms with van der Waals surface area (Å²) in [5, 5.41) is 3.05. The fourth-order valence-electron chi connectivity index (χ4n) is 2.92. The Bertz CT molecular complexity index is 424. The highest BCUT2D eigenvalue weighted by molar-refractivity contribution is 5.78. The first-order chi connectivity index (χ1) is 10.2. The van der Waals surface area contributed by atoms with Gasteiger partial charge >= 0.3 is 0 Å². The zero-order valence-electron chi connectivity index (χ0n) is 13.3. The van der Waals surface area contributed by atoms with Crippen molar-refractivity contribution in [2.45, 2.75) is 45.6 Å². The number of rotatable bonds is 6. The number of amides is 1. The van der Waals surface area contributed by atoms with Crippen molar-refractivity contribution >= 4 is 5.91 Å². The molecule has 3 heteroatoms. The van der Waals surface area contributed by atoms with Crippen LogP contribution in [0.1, 0.15) is 38.7 Å². The molecule has 3 nitrogen and oxygen atoms in total. The summed E-state index contributed by atoms with van der Waals surface area (Å²) in [6, 6.07) is 11.0. The first kappa shape index (κ1) is 16.0. The molecule has 1 aromatic rings. The highest BCUT2D eigenvalue weighted by Gasteiger charge is 2.21. The molecule has 1 amide bonds. The second-order valence-electron chi connectivity index (χ2n) is 6.29. The molecule has 1 heterocycles. The first-order valence-electron chi connectivity index (χ1n) is 8.23. The van der Waals surface area contributed by atoms with Gasteiger partial charge in [-0.3, -0.25) is 9.69 Å². The van der Waals surface area contributed by atoms with Gasteiger partial charge in [-0.15, -0.1) is 0 Å². The molecule has 1 saturated heterocycles. The van der Waals surface area contributed by atoms with Crippen LogP contribution in [0.25, 0.3) is 0 Å². The van der Waals surface area contributed by atoms with Gasteiger partial charge in [0.2, 0.25) is 5.91 Å². The third-order valence-electron chi connectivity index (χ3n) is 4.46. The van der Waals surface area contributed by atoms with E-state index in [0.717, 1.165) is 25.4 Å². The lowest BCUT2D eigenvalue weighted by Crippen LogP contribution is -2.44. The minimum absolute atomic E-state index is 0.172. The van der Waals surface area contributed by atoms with Gasteiger partial charge in [0, 0.05) is 6.04 Å². The Kier molecular flexibility index (Phi) is 6.24. The highest BCUT2D eigenvalue weighted by Crippen LogP contribution is 2.21. The lowest BCUT2D eigenvalue weighted by atomic mass is 9.90. The second-order valence-corrected chi connectivity index (χ2v) is 6.29. The average molecular weight is 288 g/mol. The molecule has 1 aromatic carbocycles. The van der Waals surface area contributed by atoms with Crippen molar-refractivity contribution < 1.29 is 4.79 Å². The SMILES string of the molecule is CCC(C)NC(=O)CN1CCC(Cc2ccccc2)CC1. The Balaban J connectivity index is 1.69. The van der Waals surface area contributed by atoms with Gasteiger partial charge in [-0.05, 0) is 57.2 Å². The Morgan fingerprint density at radius 1 is 1.29 bits per heavy atom. The molecule has 21 heavy (non-hydrogen) atoms. The number of hydrogen-bond donors (Lipinski definition) is 1. The number of nitrogens with zero attached hydrogens (tertiary/aromatic N) is 1. The first-order valence-corrected chi connectivity index (χ1v) is 8.23. The Labute approximate surface area is 128 Å². The number of likely N-dealkylation sites (tertiary alicyclic amines) is 1. The van der Waals surface area contributed by atoms with E-state index in [1.807, 2.05) is 0 Å². The summed E-state index contributed by atoms with van der Waals surface area (Å²) in [5.74, 6) is 0.937. The molecule has 1 aliphatic rings. The molecular formula is C18H28N2O. The molecule has 0 radical (unpaired) electrons. The van der Waals surface area contributed by atoms with Crippen molar-refractivity contribution in [3.63, 3.8) is 0 Å². The number of nitrogens with one attached hydrogen (secondary N) is 1. The van der Waals surface area contributed by atoms with Crippen LogP contribution < -0.4 is 5.32 Å². The third-order valence-corrected chi connectivity index (χ3v) is 4.46. The van der Waals surface area contributed by atoms with Crippen LogP contribution in [-0.2, 0) is 11.2 Å². The van der Waals surface area contributed by atoms with E-state index >= 15 is 0 Å². The van der Waals surface area contributed by atoms with Crippen LogP contribution in [-0.4, -0.2) is 36.5 Å². The van der Waals surface area contributed by atoms with Crippen molar-refractivity contribution in [2.75, 3.05) is 19.6 Å². The van der Waals surface area contributed by atoms with Gasteiger partial charge in [0.15, 0.2) is 0 Å². The quantitative estimate of drug-likeness (QED) is 0.873.